The summed E-state index contributed by atoms with van der Waals surface area (Å²) in [6.45, 7) is 1.34. The minimum atomic E-state index is -0.222. The van der Waals surface area contributed by atoms with Gasteiger partial charge in [0.05, 0.1) is 12.5 Å². The average molecular weight is 272 g/mol. The number of epoxide rings is 1. The summed E-state index contributed by atoms with van der Waals surface area (Å²) in [6, 6.07) is 0. The van der Waals surface area contributed by atoms with Crippen molar-refractivity contribution in [3.05, 3.63) is 48.3 Å². The Bertz CT molecular complexity index is 539. The topological polar surface area (TPSA) is 48.1 Å². The van der Waals surface area contributed by atoms with Crippen molar-refractivity contribution in [2.24, 2.45) is 17.8 Å². The molecule has 0 saturated carbocycles. The van der Waals surface area contributed by atoms with Gasteiger partial charge in [-0.05, 0) is 12.2 Å². The van der Waals surface area contributed by atoms with E-state index in [-0.39, 0.29) is 35.9 Å². The van der Waals surface area contributed by atoms with E-state index in [1.54, 1.807) is 0 Å². The maximum atomic E-state index is 12.0. The van der Waals surface area contributed by atoms with Crippen molar-refractivity contribution >= 4 is 5.97 Å². The molecule has 4 nitrogen and oxygen atoms in total. The molecule has 0 spiro atoms. The first-order valence-corrected chi connectivity index (χ1v) is 7.01. The van der Waals surface area contributed by atoms with Crippen LogP contribution < -0.4 is 0 Å². The fraction of sp³-hybridized carbons (Fsp3) is 0.438. The number of rotatable bonds is 3. The van der Waals surface area contributed by atoms with Crippen molar-refractivity contribution in [1.29, 1.82) is 0 Å². The molecule has 0 radical (unpaired) electrons. The highest BCUT2D eigenvalue weighted by atomic mass is 16.6. The van der Waals surface area contributed by atoms with Crippen LogP contribution in [0.15, 0.2) is 48.3 Å². The van der Waals surface area contributed by atoms with Crippen LogP contribution in [0, 0.1) is 17.8 Å². The van der Waals surface area contributed by atoms with Gasteiger partial charge in [0.2, 0.25) is 0 Å². The lowest BCUT2D eigenvalue weighted by Gasteiger charge is -2.39. The zero-order valence-corrected chi connectivity index (χ0v) is 11.0. The molecule has 2 saturated heterocycles. The molecule has 20 heavy (non-hydrogen) atoms. The molecule has 4 heteroatoms. The molecule has 2 fully saturated rings. The highest BCUT2D eigenvalue weighted by Gasteiger charge is 2.43. The summed E-state index contributed by atoms with van der Waals surface area (Å²) < 4.78 is 16.3. The molecule has 4 rings (SSSR count). The van der Waals surface area contributed by atoms with Gasteiger partial charge in [0.15, 0.2) is 0 Å². The number of esters is 1. The maximum Gasteiger partial charge on any atom is 0.314 e. The van der Waals surface area contributed by atoms with E-state index in [4.69, 9.17) is 14.2 Å². The molecule has 0 bridgehead atoms. The first-order valence-electron chi connectivity index (χ1n) is 7.01. The van der Waals surface area contributed by atoms with Crippen molar-refractivity contribution in [3.63, 3.8) is 0 Å². The molecule has 2 heterocycles. The number of allylic oxidation sites excluding steroid dienone is 4. The second kappa shape index (κ2) is 4.63. The third-order valence-electron chi connectivity index (χ3n) is 4.18. The van der Waals surface area contributed by atoms with E-state index in [1.165, 1.54) is 0 Å². The number of fused-ring (bicyclic) bond motifs is 3. The third-order valence-corrected chi connectivity index (χ3v) is 4.18. The van der Waals surface area contributed by atoms with Gasteiger partial charge in [0, 0.05) is 11.8 Å². The predicted octanol–water partition coefficient (Wildman–Crippen LogP) is 1.76. The molecule has 2 aliphatic heterocycles. The van der Waals surface area contributed by atoms with Crippen LogP contribution in [0.3, 0.4) is 0 Å². The number of ether oxygens (including phenoxy) is 3. The monoisotopic (exact) mass is 272 g/mol. The number of carbonyl (C=O) groups is 1. The molecule has 2 aliphatic carbocycles. The number of carbonyl (C=O) groups excluding carboxylic acids is 1. The van der Waals surface area contributed by atoms with Crippen LogP contribution in [0.2, 0.25) is 0 Å². The molecule has 0 N–H and O–H groups in total. The van der Waals surface area contributed by atoms with Gasteiger partial charge in [0.25, 0.3) is 0 Å². The van der Waals surface area contributed by atoms with E-state index in [1.807, 2.05) is 30.4 Å². The zero-order valence-electron chi connectivity index (χ0n) is 11.0. The number of hydrogen-bond acceptors (Lipinski definition) is 4. The van der Waals surface area contributed by atoms with Crippen molar-refractivity contribution < 1.29 is 19.0 Å². The Hall–Kier alpha value is -1.81. The third kappa shape index (κ3) is 2.10. The Morgan fingerprint density at radius 1 is 1.20 bits per heavy atom. The quantitative estimate of drug-likeness (QED) is 0.580. The van der Waals surface area contributed by atoms with Crippen molar-refractivity contribution in [2.45, 2.75) is 12.2 Å². The molecule has 0 aromatic heterocycles. The van der Waals surface area contributed by atoms with Gasteiger partial charge in [-0.15, -0.1) is 0 Å². The maximum absolute atomic E-state index is 12.0. The van der Waals surface area contributed by atoms with Crippen molar-refractivity contribution in [2.75, 3.05) is 13.2 Å². The second-order valence-electron chi connectivity index (χ2n) is 5.55. The van der Waals surface area contributed by atoms with Gasteiger partial charge in [-0.3, -0.25) is 4.79 Å². The van der Waals surface area contributed by atoms with Gasteiger partial charge in [-0.1, -0.05) is 30.4 Å². The lowest BCUT2D eigenvalue weighted by Crippen LogP contribution is -2.44. The van der Waals surface area contributed by atoms with E-state index in [0.717, 1.165) is 12.4 Å². The normalized spacial score (nSPS) is 40.5. The summed E-state index contributed by atoms with van der Waals surface area (Å²) in [4.78, 5) is 12.0. The van der Waals surface area contributed by atoms with Crippen LogP contribution in [-0.4, -0.2) is 31.4 Å². The fourth-order valence-electron chi connectivity index (χ4n) is 2.99. The van der Waals surface area contributed by atoms with Crippen LogP contribution in [0.1, 0.15) is 0 Å². The van der Waals surface area contributed by atoms with Gasteiger partial charge in [0.1, 0.15) is 24.6 Å². The zero-order chi connectivity index (χ0) is 13.5. The molecule has 0 amide bonds. The summed E-state index contributed by atoms with van der Waals surface area (Å²) in [5.74, 6) is 0.855. The summed E-state index contributed by atoms with van der Waals surface area (Å²) in [6.07, 6.45) is 13.9. The van der Waals surface area contributed by atoms with Crippen LogP contribution in [0.5, 0.6) is 0 Å². The van der Waals surface area contributed by atoms with E-state index < -0.39 is 0 Å². The Morgan fingerprint density at radius 3 is 2.90 bits per heavy atom. The lowest BCUT2D eigenvalue weighted by molar-refractivity contribution is -0.161. The Balaban J connectivity index is 1.51. The molecular weight excluding hydrogens is 256 g/mol. The van der Waals surface area contributed by atoms with Crippen LogP contribution >= 0.6 is 0 Å². The van der Waals surface area contributed by atoms with Gasteiger partial charge < -0.3 is 14.2 Å². The molecule has 5 atom stereocenters. The Morgan fingerprint density at radius 2 is 2.05 bits per heavy atom. The summed E-state index contributed by atoms with van der Waals surface area (Å²) in [5, 5.41) is 0. The first-order chi connectivity index (χ1) is 9.81. The second-order valence-corrected chi connectivity index (χ2v) is 5.55. The van der Waals surface area contributed by atoms with E-state index in [2.05, 4.69) is 12.2 Å². The molecular formula is C16H16O4. The standard InChI is InChI=1S/C16H16O4/c17-16-14-4-2-1-3-12(14)13-6-5-10(7-15(13)20-16)18-8-11-9-19-11/h1-7,11-15H,8-9H2. The Labute approximate surface area is 117 Å². The van der Waals surface area contributed by atoms with Crippen LogP contribution in [0.4, 0.5) is 0 Å². The summed E-state index contributed by atoms with van der Waals surface area (Å²) in [7, 11) is 0. The van der Waals surface area contributed by atoms with E-state index in [9.17, 15) is 4.79 Å². The molecule has 5 unspecified atom stereocenters. The summed E-state index contributed by atoms with van der Waals surface area (Å²) >= 11 is 0. The van der Waals surface area contributed by atoms with Gasteiger partial charge in [-0.2, -0.15) is 0 Å². The predicted molar refractivity (Wildman–Crippen MR) is 71.5 cm³/mol. The van der Waals surface area contributed by atoms with E-state index in [0.29, 0.717) is 6.61 Å². The lowest BCUT2D eigenvalue weighted by atomic mass is 9.73. The fourth-order valence-corrected chi connectivity index (χ4v) is 2.99. The van der Waals surface area contributed by atoms with Crippen molar-refractivity contribution in [3.8, 4) is 0 Å². The van der Waals surface area contributed by atoms with Crippen molar-refractivity contribution in [1.82, 2.24) is 0 Å². The minimum absolute atomic E-state index is 0.145. The van der Waals surface area contributed by atoms with Gasteiger partial charge >= 0.3 is 5.97 Å². The first kappa shape index (κ1) is 12.0. The average Bonchev–Trinajstić information content (AvgIpc) is 3.29. The van der Waals surface area contributed by atoms with Crippen LogP contribution in [-0.2, 0) is 19.0 Å². The molecule has 0 aromatic carbocycles. The SMILES string of the molecule is O=C1OC2C=C(OCC3CO3)C=CC2C2C=CC=CC12. The molecule has 4 aliphatic rings. The molecule has 0 aromatic rings. The van der Waals surface area contributed by atoms with Gasteiger partial charge in [-0.25, -0.2) is 0 Å². The highest BCUT2D eigenvalue weighted by Crippen LogP contribution is 2.39. The van der Waals surface area contributed by atoms with Crippen LogP contribution in [0.25, 0.3) is 0 Å². The highest BCUT2D eigenvalue weighted by molar-refractivity contribution is 5.77. The molecule has 104 valence electrons. The smallest absolute Gasteiger partial charge is 0.314 e. The number of hydrogen-bond donors (Lipinski definition) is 0. The van der Waals surface area contributed by atoms with E-state index >= 15 is 0 Å². The summed E-state index contributed by atoms with van der Waals surface area (Å²) in [5.41, 5.74) is 0. The minimum Gasteiger partial charge on any atom is -0.491 e. The largest absolute Gasteiger partial charge is 0.491 e. The Kier molecular flexibility index (Phi) is 2.77.